The average molecular weight is 244 g/mol. The van der Waals surface area contributed by atoms with E-state index in [0.717, 1.165) is 12.8 Å². The fourth-order valence-corrected chi connectivity index (χ4v) is 1.89. The highest BCUT2D eigenvalue weighted by atomic mass is 32.1. The van der Waals surface area contributed by atoms with Crippen molar-refractivity contribution in [2.24, 2.45) is 17.1 Å². The second-order valence-corrected chi connectivity index (χ2v) is 5.17. The first-order valence-electron chi connectivity index (χ1n) is 5.54. The van der Waals surface area contributed by atoms with Gasteiger partial charge in [0.25, 0.3) is 0 Å². The lowest BCUT2D eigenvalue weighted by atomic mass is 10.0. The van der Waals surface area contributed by atoms with Crippen LogP contribution in [-0.2, 0) is 9.53 Å². The normalized spacial score (nSPS) is 19.2. The SMILES string of the molecule is COCC(NC(=O)C1(C(N)=S)CC1)C(C)C. The molecule has 0 saturated heterocycles. The fourth-order valence-electron chi connectivity index (χ4n) is 1.60. The Kier molecular flexibility index (Phi) is 4.27. The van der Waals surface area contributed by atoms with Crippen molar-refractivity contribution in [3.05, 3.63) is 0 Å². The topological polar surface area (TPSA) is 64.3 Å². The van der Waals surface area contributed by atoms with Gasteiger partial charge in [-0.3, -0.25) is 4.79 Å². The summed E-state index contributed by atoms with van der Waals surface area (Å²) < 4.78 is 5.08. The number of methoxy groups -OCH3 is 1. The predicted molar refractivity (Wildman–Crippen MR) is 67.1 cm³/mol. The zero-order valence-corrected chi connectivity index (χ0v) is 10.9. The third-order valence-corrected chi connectivity index (χ3v) is 3.51. The highest BCUT2D eigenvalue weighted by molar-refractivity contribution is 7.80. The molecule has 1 atom stereocenters. The molecule has 0 aliphatic heterocycles. The summed E-state index contributed by atoms with van der Waals surface area (Å²) in [7, 11) is 1.63. The molecule has 0 aromatic heterocycles. The van der Waals surface area contributed by atoms with Gasteiger partial charge in [0.2, 0.25) is 5.91 Å². The Morgan fingerprint density at radius 3 is 2.44 bits per heavy atom. The summed E-state index contributed by atoms with van der Waals surface area (Å²) in [6, 6.07) is 0.0179. The second kappa shape index (κ2) is 5.10. The summed E-state index contributed by atoms with van der Waals surface area (Å²) in [5.41, 5.74) is 5.03. The zero-order valence-electron chi connectivity index (χ0n) is 10.1. The molecule has 0 spiro atoms. The molecule has 1 fully saturated rings. The number of nitrogens with one attached hydrogen (secondary N) is 1. The smallest absolute Gasteiger partial charge is 0.233 e. The fraction of sp³-hybridized carbons (Fsp3) is 0.818. The van der Waals surface area contributed by atoms with E-state index in [1.165, 1.54) is 0 Å². The minimum Gasteiger partial charge on any atom is -0.392 e. The van der Waals surface area contributed by atoms with E-state index >= 15 is 0 Å². The average Bonchev–Trinajstić information content (AvgIpc) is 2.97. The van der Waals surface area contributed by atoms with Crippen molar-refractivity contribution in [3.8, 4) is 0 Å². The second-order valence-electron chi connectivity index (χ2n) is 4.73. The van der Waals surface area contributed by atoms with Crippen LogP contribution in [0.2, 0.25) is 0 Å². The van der Waals surface area contributed by atoms with Crippen LogP contribution in [0.15, 0.2) is 0 Å². The van der Waals surface area contributed by atoms with Gasteiger partial charge < -0.3 is 15.8 Å². The molecular weight excluding hydrogens is 224 g/mol. The van der Waals surface area contributed by atoms with Gasteiger partial charge in [0, 0.05) is 7.11 Å². The van der Waals surface area contributed by atoms with Crippen LogP contribution in [0, 0.1) is 11.3 Å². The van der Waals surface area contributed by atoms with Crippen molar-refractivity contribution in [1.82, 2.24) is 5.32 Å². The Hall–Kier alpha value is -0.680. The molecule has 0 radical (unpaired) electrons. The van der Waals surface area contributed by atoms with Crippen LogP contribution < -0.4 is 11.1 Å². The van der Waals surface area contributed by atoms with Crippen LogP contribution in [0.25, 0.3) is 0 Å². The van der Waals surface area contributed by atoms with Crippen molar-refractivity contribution < 1.29 is 9.53 Å². The van der Waals surface area contributed by atoms with Crippen molar-refractivity contribution in [2.45, 2.75) is 32.7 Å². The molecule has 4 nitrogen and oxygen atoms in total. The minimum atomic E-state index is -0.573. The third kappa shape index (κ3) is 2.71. The third-order valence-electron chi connectivity index (χ3n) is 3.12. The number of ether oxygens (including phenoxy) is 1. The highest BCUT2D eigenvalue weighted by Gasteiger charge is 2.53. The van der Waals surface area contributed by atoms with Crippen LogP contribution in [0.4, 0.5) is 0 Å². The van der Waals surface area contributed by atoms with E-state index in [-0.39, 0.29) is 11.9 Å². The van der Waals surface area contributed by atoms with Crippen LogP contribution in [0.1, 0.15) is 26.7 Å². The molecular formula is C11H20N2O2S. The summed E-state index contributed by atoms with van der Waals surface area (Å²) in [6.07, 6.45) is 1.54. The molecule has 5 heteroatoms. The maximum Gasteiger partial charge on any atom is 0.233 e. The molecule has 16 heavy (non-hydrogen) atoms. The summed E-state index contributed by atoms with van der Waals surface area (Å²) in [6.45, 7) is 4.60. The largest absolute Gasteiger partial charge is 0.392 e. The summed E-state index contributed by atoms with van der Waals surface area (Å²) in [5, 5.41) is 2.97. The van der Waals surface area contributed by atoms with Crippen molar-refractivity contribution in [1.29, 1.82) is 0 Å². The summed E-state index contributed by atoms with van der Waals surface area (Å²) in [5.74, 6) is 0.279. The monoisotopic (exact) mass is 244 g/mol. The Balaban J connectivity index is 2.59. The molecule has 0 bridgehead atoms. The number of nitrogens with two attached hydrogens (primary N) is 1. The standard InChI is InChI=1S/C11H20N2O2S/c1-7(2)8(6-15-3)13-10(14)11(4-5-11)9(12)16/h7-8H,4-6H2,1-3H3,(H2,12,16)(H,13,14). The van der Waals surface area contributed by atoms with E-state index in [1.807, 2.05) is 13.8 Å². The number of carbonyl (C=O) groups is 1. The Morgan fingerprint density at radius 2 is 2.12 bits per heavy atom. The van der Waals surface area contributed by atoms with Crippen LogP contribution >= 0.6 is 12.2 Å². The van der Waals surface area contributed by atoms with E-state index in [4.69, 9.17) is 22.7 Å². The lowest BCUT2D eigenvalue weighted by Crippen LogP contribution is -2.48. The number of rotatable bonds is 6. The molecule has 3 N–H and O–H groups in total. The van der Waals surface area contributed by atoms with Gasteiger partial charge in [-0.25, -0.2) is 0 Å². The van der Waals surface area contributed by atoms with Crippen LogP contribution in [-0.4, -0.2) is 30.7 Å². The van der Waals surface area contributed by atoms with Crippen LogP contribution in [0.5, 0.6) is 0 Å². The lowest BCUT2D eigenvalue weighted by molar-refractivity contribution is -0.125. The molecule has 92 valence electrons. The molecule has 1 saturated carbocycles. The molecule has 0 aromatic rings. The van der Waals surface area contributed by atoms with Crippen molar-refractivity contribution in [3.63, 3.8) is 0 Å². The van der Waals surface area contributed by atoms with Gasteiger partial charge in [0.05, 0.1) is 23.1 Å². The van der Waals surface area contributed by atoms with Gasteiger partial charge >= 0.3 is 0 Å². The van der Waals surface area contributed by atoms with E-state index in [0.29, 0.717) is 17.5 Å². The van der Waals surface area contributed by atoms with Gasteiger partial charge in [-0.2, -0.15) is 0 Å². The number of carbonyl (C=O) groups excluding carboxylic acids is 1. The minimum absolute atomic E-state index is 0.0179. The van der Waals surface area contributed by atoms with E-state index in [2.05, 4.69) is 5.32 Å². The lowest BCUT2D eigenvalue weighted by Gasteiger charge is -2.24. The van der Waals surface area contributed by atoms with Gasteiger partial charge in [0.15, 0.2) is 0 Å². The van der Waals surface area contributed by atoms with Crippen molar-refractivity contribution in [2.75, 3.05) is 13.7 Å². The number of thiocarbonyl (C=S) groups is 1. The van der Waals surface area contributed by atoms with E-state index in [9.17, 15) is 4.79 Å². The molecule has 0 heterocycles. The maximum absolute atomic E-state index is 12.0. The number of hydrogen-bond donors (Lipinski definition) is 2. The Labute approximate surface area is 102 Å². The first kappa shape index (κ1) is 13.4. The van der Waals surface area contributed by atoms with E-state index < -0.39 is 5.41 Å². The molecule has 1 rings (SSSR count). The molecule has 1 unspecified atom stereocenters. The van der Waals surface area contributed by atoms with Crippen molar-refractivity contribution >= 4 is 23.1 Å². The molecule has 1 aliphatic carbocycles. The number of hydrogen-bond acceptors (Lipinski definition) is 3. The Morgan fingerprint density at radius 1 is 1.56 bits per heavy atom. The quantitative estimate of drug-likeness (QED) is 0.680. The number of amides is 1. The van der Waals surface area contributed by atoms with Gasteiger partial charge in [0.1, 0.15) is 0 Å². The molecule has 0 aromatic carbocycles. The highest BCUT2D eigenvalue weighted by Crippen LogP contribution is 2.46. The zero-order chi connectivity index (χ0) is 12.3. The Bertz CT molecular complexity index is 288. The van der Waals surface area contributed by atoms with Gasteiger partial charge in [-0.15, -0.1) is 0 Å². The van der Waals surface area contributed by atoms with E-state index in [1.54, 1.807) is 7.11 Å². The molecule has 1 aliphatic rings. The molecule has 1 amide bonds. The first-order valence-corrected chi connectivity index (χ1v) is 5.94. The van der Waals surface area contributed by atoms with Gasteiger partial charge in [-0.05, 0) is 18.8 Å². The summed E-state index contributed by atoms with van der Waals surface area (Å²) >= 11 is 4.94. The maximum atomic E-state index is 12.0. The van der Waals surface area contributed by atoms with Gasteiger partial charge in [-0.1, -0.05) is 26.1 Å². The van der Waals surface area contributed by atoms with Crippen LogP contribution in [0.3, 0.4) is 0 Å². The summed E-state index contributed by atoms with van der Waals surface area (Å²) in [4.78, 5) is 12.3. The predicted octanol–water partition coefficient (Wildman–Crippen LogP) is 0.840. The first-order chi connectivity index (χ1) is 7.44.